The van der Waals surface area contributed by atoms with Crippen LogP contribution < -0.4 is 0 Å². The zero-order valence-electron chi connectivity index (χ0n) is 17.8. The summed E-state index contributed by atoms with van der Waals surface area (Å²) in [6.07, 6.45) is 8.26. The first-order valence-electron chi connectivity index (χ1n) is 10.4. The molecule has 0 fully saturated rings. The molecule has 0 heterocycles. The smallest absolute Gasteiger partial charge is 0.187 e. The van der Waals surface area contributed by atoms with Gasteiger partial charge in [-0.2, -0.15) is 5.26 Å². The molecule has 0 N–H and O–H groups in total. The molecule has 0 radical (unpaired) electrons. The van der Waals surface area contributed by atoms with E-state index in [9.17, 15) is 0 Å². The van der Waals surface area contributed by atoms with Crippen molar-refractivity contribution >= 4 is 41.8 Å². The maximum Gasteiger partial charge on any atom is 0.187 e. The monoisotopic (exact) mass is 440 g/mol. The lowest BCUT2D eigenvalue weighted by molar-refractivity contribution is 1.40. The lowest BCUT2D eigenvalue weighted by atomic mass is 10.1. The lowest BCUT2D eigenvalue weighted by Crippen LogP contribution is -1.78. The second kappa shape index (κ2) is 10.8. The first kappa shape index (κ1) is 21.9. The molecule has 156 valence electrons. The van der Waals surface area contributed by atoms with Crippen molar-refractivity contribution in [3.63, 3.8) is 0 Å². The largest absolute Gasteiger partial charge is 0.238 e. The van der Waals surface area contributed by atoms with Crippen molar-refractivity contribution < 1.29 is 0 Å². The summed E-state index contributed by atoms with van der Waals surface area (Å²) in [5, 5.41) is 8.88. The van der Waals surface area contributed by atoms with E-state index in [2.05, 4.69) is 83.7 Å². The second-order valence-electron chi connectivity index (χ2n) is 7.34. The molecule has 0 saturated carbocycles. The highest BCUT2D eigenvalue weighted by Gasteiger charge is 1.98. The summed E-state index contributed by atoms with van der Waals surface area (Å²) in [6, 6.07) is 34.2. The Morgan fingerprint density at radius 1 is 0.576 bits per heavy atom. The van der Waals surface area contributed by atoms with E-state index in [0.717, 1.165) is 22.3 Å². The van der Waals surface area contributed by atoms with Gasteiger partial charge in [0.15, 0.2) is 5.69 Å². The SMILES string of the molecule is [C-]#[N+]c1ccc(/C=C/c2ccc(Sc3ccc(/C=C/c4ccc(C#N)cc4)cc3)cc2)cc1. The molecule has 0 unspecified atom stereocenters. The molecule has 0 amide bonds. The van der Waals surface area contributed by atoms with Gasteiger partial charge in [-0.25, -0.2) is 4.85 Å². The van der Waals surface area contributed by atoms with Crippen molar-refractivity contribution in [1.82, 2.24) is 0 Å². The van der Waals surface area contributed by atoms with Crippen molar-refractivity contribution in [2.45, 2.75) is 9.79 Å². The number of nitriles is 1. The van der Waals surface area contributed by atoms with Crippen LogP contribution in [0.4, 0.5) is 5.69 Å². The number of hydrogen-bond acceptors (Lipinski definition) is 2. The van der Waals surface area contributed by atoms with Gasteiger partial charge in [-0.3, -0.25) is 0 Å². The Labute approximate surface area is 199 Å². The Kier molecular flexibility index (Phi) is 7.18. The highest BCUT2D eigenvalue weighted by molar-refractivity contribution is 7.99. The van der Waals surface area contributed by atoms with Crippen LogP contribution in [0.5, 0.6) is 0 Å². The third-order valence-electron chi connectivity index (χ3n) is 4.99. The summed E-state index contributed by atoms with van der Waals surface area (Å²) in [4.78, 5) is 5.80. The van der Waals surface area contributed by atoms with Crippen LogP contribution >= 0.6 is 11.8 Å². The van der Waals surface area contributed by atoms with Crippen LogP contribution in [0.25, 0.3) is 29.1 Å². The molecule has 4 aromatic rings. The van der Waals surface area contributed by atoms with Crippen molar-refractivity contribution in [3.8, 4) is 6.07 Å². The Hall–Kier alpha value is -4.31. The number of nitrogens with zero attached hydrogens (tertiary/aromatic N) is 2. The fourth-order valence-electron chi connectivity index (χ4n) is 3.14. The van der Waals surface area contributed by atoms with Gasteiger partial charge in [0.25, 0.3) is 0 Å². The Bertz CT molecular complexity index is 1240. The summed E-state index contributed by atoms with van der Waals surface area (Å²) in [7, 11) is 0. The molecular weight excluding hydrogens is 420 g/mol. The maximum absolute atomic E-state index is 8.88. The van der Waals surface area contributed by atoms with Crippen molar-refractivity contribution in [2.24, 2.45) is 0 Å². The number of hydrogen-bond donors (Lipinski definition) is 0. The molecule has 4 aromatic carbocycles. The van der Waals surface area contributed by atoms with Crippen LogP contribution in [0.1, 0.15) is 27.8 Å². The van der Waals surface area contributed by atoms with Gasteiger partial charge in [-0.05, 0) is 58.7 Å². The van der Waals surface area contributed by atoms with Gasteiger partial charge >= 0.3 is 0 Å². The van der Waals surface area contributed by atoms with E-state index in [-0.39, 0.29) is 0 Å². The molecule has 33 heavy (non-hydrogen) atoms. The van der Waals surface area contributed by atoms with Gasteiger partial charge in [0, 0.05) is 9.79 Å². The summed E-state index contributed by atoms with van der Waals surface area (Å²) < 4.78 is 0. The molecule has 4 rings (SSSR count). The fraction of sp³-hybridized carbons (Fsp3) is 0. The van der Waals surface area contributed by atoms with E-state index in [4.69, 9.17) is 11.8 Å². The molecule has 2 nitrogen and oxygen atoms in total. The minimum Gasteiger partial charge on any atom is -0.238 e. The van der Waals surface area contributed by atoms with Crippen molar-refractivity contribution in [3.05, 3.63) is 136 Å². The molecule has 0 saturated heterocycles. The fourth-order valence-corrected chi connectivity index (χ4v) is 3.96. The maximum atomic E-state index is 8.88. The molecule has 0 bridgehead atoms. The molecule has 3 heteroatoms. The zero-order valence-corrected chi connectivity index (χ0v) is 18.7. The Morgan fingerprint density at radius 2 is 0.939 bits per heavy atom. The molecule has 0 aliphatic carbocycles. The van der Waals surface area contributed by atoms with Crippen LogP contribution in [0.15, 0.2) is 107 Å². The molecule has 0 atom stereocenters. The van der Waals surface area contributed by atoms with Crippen LogP contribution in [0.2, 0.25) is 0 Å². The van der Waals surface area contributed by atoms with Gasteiger partial charge in [-0.1, -0.05) is 96.7 Å². The van der Waals surface area contributed by atoms with Gasteiger partial charge in [0.2, 0.25) is 0 Å². The van der Waals surface area contributed by atoms with E-state index < -0.39 is 0 Å². The van der Waals surface area contributed by atoms with E-state index in [1.807, 2.05) is 48.5 Å². The molecular formula is C30H20N2S. The zero-order chi connectivity index (χ0) is 22.9. The van der Waals surface area contributed by atoms with E-state index in [1.165, 1.54) is 9.79 Å². The second-order valence-corrected chi connectivity index (χ2v) is 8.49. The van der Waals surface area contributed by atoms with Crippen LogP contribution in [0, 0.1) is 17.9 Å². The van der Waals surface area contributed by atoms with Gasteiger partial charge in [0.1, 0.15) is 0 Å². The third kappa shape index (κ3) is 6.34. The van der Waals surface area contributed by atoms with Crippen LogP contribution in [0.3, 0.4) is 0 Å². The predicted molar refractivity (Wildman–Crippen MR) is 139 cm³/mol. The van der Waals surface area contributed by atoms with Crippen molar-refractivity contribution in [2.75, 3.05) is 0 Å². The van der Waals surface area contributed by atoms with E-state index in [1.54, 1.807) is 11.8 Å². The molecule has 0 spiro atoms. The third-order valence-corrected chi connectivity index (χ3v) is 6.01. The molecule has 0 aromatic heterocycles. The summed E-state index contributed by atoms with van der Waals surface area (Å²) in [5.41, 5.74) is 5.75. The minimum absolute atomic E-state index is 0.656. The Balaban J connectivity index is 1.34. The average Bonchev–Trinajstić information content (AvgIpc) is 2.88. The minimum atomic E-state index is 0.656. The molecule has 0 aliphatic heterocycles. The lowest BCUT2D eigenvalue weighted by Gasteiger charge is -2.03. The molecule has 0 aliphatic rings. The van der Waals surface area contributed by atoms with Gasteiger partial charge in [-0.15, -0.1) is 0 Å². The quantitative estimate of drug-likeness (QED) is 0.222. The first-order valence-corrected chi connectivity index (χ1v) is 11.3. The van der Waals surface area contributed by atoms with Gasteiger partial charge in [0.05, 0.1) is 18.2 Å². The Morgan fingerprint density at radius 3 is 1.30 bits per heavy atom. The topological polar surface area (TPSA) is 28.1 Å². The summed E-state index contributed by atoms with van der Waals surface area (Å²) in [6.45, 7) is 7.02. The van der Waals surface area contributed by atoms with Gasteiger partial charge < -0.3 is 0 Å². The number of benzene rings is 4. The predicted octanol–water partition coefficient (Wildman–Crippen LogP) is 8.60. The van der Waals surface area contributed by atoms with E-state index in [0.29, 0.717) is 11.3 Å². The van der Waals surface area contributed by atoms with Crippen molar-refractivity contribution in [1.29, 1.82) is 5.26 Å². The van der Waals surface area contributed by atoms with Crippen LogP contribution in [-0.2, 0) is 0 Å². The summed E-state index contributed by atoms with van der Waals surface area (Å²) in [5.74, 6) is 0. The number of rotatable bonds is 6. The normalized spacial score (nSPS) is 10.8. The van der Waals surface area contributed by atoms with Crippen LogP contribution in [-0.4, -0.2) is 0 Å². The van der Waals surface area contributed by atoms with E-state index >= 15 is 0 Å². The highest BCUT2D eigenvalue weighted by Crippen LogP contribution is 2.28. The standard InChI is InChI=1S/C30H20N2S/c1-32-28-16-10-24(11-17-28)3-5-26-14-20-30(21-15-26)33-29-18-12-25(13-19-29)4-2-23-6-8-27(22-31)9-7-23/h2-21H/b4-2+,5-3+. The summed E-state index contributed by atoms with van der Waals surface area (Å²) >= 11 is 1.74. The first-order chi connectivity index (χ1) is 16.2. The average molecular weight is 441 g/mol. The highest BCUT2D eigenvalue weighted by atomic mass is 32.2.